The first-order valence-corrected chi connectivity index (χ1v) is 13.4. The Balaban J connectivity index is 1.17. The van der Waals surface area contributed by atoms with E-state index in [1.165, 1.54) is 30.2 Å². The number of benzene rings is 2. The number of fused-ring (bicyclic) bond motifs is 1. The molecule has 0 radical (unpaired) electrons. The number of ether oxygens (including phenoxy) is 3. The van der Waals surface area contributed by atoms with Crippen LogP contribution < -0.4 is 9.47 Å². The number of esters is 1. The Morgan fingerprint density at radius 2 is 1.97 bits per heavy atom. The highest BCUT2D eigenvalue weighted by Crippen LogP contribution is 2.42. The van der Waals surface area contributed by atoms with Crippen LogP contribution in [0.2, 0.25) is 5.02 Å². The van der Waals surface area contributed by atoms with Crippen LogP contribution in [0.3, 0.4) is 0 Å². The number of rotatable bonds is 7. The summed E-state index contributed by atoms with van der Waals surface area (Å²) in [7, 11) is 1.23. The standard InChI is InChI=1S/C28H33ClN2O8/c1-37-27(36)23-11-20(33)15-31(23)26(35)22-4-3-19(32)12-25(22)38-16-21(34)14-30-8-6-28(7-9-30)13-17-10-18(29)2-5-24(17)39-28/h2-5,10,12,20-21,23,32-34H,6-9,11,13-16H2,1H3/t20-,21+,23+/m1/s1. The van der Waals surface area contributed by atoms with Gasteiger partial charge in [-0.2, -0.15) is 0 Å². The minimum absolute atomic E-state index is 0.0279. The molecule has 2 fully saturated rings. The number of phenolic OH excluding ortho intramolecular Hbond substituents is 1. The zero-order chi connectivity index (χ0) is 27.7. The third-order valence-electron chi connectivity index (χ3n) is 7.74. The van der Waals surface area contributed by atoms with Crippen molar-refractivity contribution in [3.8, 4) is 17.2 Å². The Bertz CT molecular complexity index is 1230. The minimum Gasteiger partial charge on any atom is -0.508 e. The molecule has 0 aliphatic carbocycles. The molecule has 3 atom stereocenters. The zero-order valence-electron chi connectivity index (χ0n) is 21.7. The number of likely N-dealkylation sites (tertiary alicyclic amines) is 2. The number of β-amino-alcohol motifs (C(OH)–C–C–N with tert-alkyl or cyclic N) is 2. The van der Waals surface area contributed by atoms with Gasteiger partial charge in [0.25, 0.3) is 5.91 Å². The molecule has 1 spiro atoms. The average molecular weight is 561 g/mol. The molecule has 10 nitrogen and oxygen atoms in total. The molecule has 210 valence electrons. The van der Waals surface area contributed by atoms with E-state index in [0.29, 0.717) is 11.6 Å². The van der Waals surface area contributed by atoms with E-state index in [2.05, 4.69) is 4.90 Å². The summed E-state index contributed by atoms with van der Waals surface area (Å²) in [5, 5.41) is 31.5. The molecule has 3 N–H and O–H groups in total. The maximum absolute atomic E-state index is 13.3. The second-order valence-electron chi connectivity index (χ2n) is 10.5. The van der Waals surface area contributed by atoms with Gasteiger partial charge in [-0.25, -0.2) is 4.79 Å². The average Bonchev–Trinajstić information content (AvgIpc) is 3.48. The molecule has 0 bridgehead atoms. The maximum Gasteiger partial charge on any atom is 0.328 e. The Morgan fingerprint density at radius 3 is 2.72 bits per heavy atom. The number of amides is 1. The summed E-state index contributed by atoms with van der Waals surface area (Å²) in [6, 6.07) is 8.84. The molecule has 39 heavy (non-hydrogen) atoms. The molecule has 0 aromatic heterocycles. The summed E-state index contributed by atoms with van der Waals surface area (Å²) >= 11 is 6.14. The Labute approximate surface area is 231 Å². The fourth-order valence-corrected chi connectivity index (χ4v) is 5.92. The number of nitrogens with zero attached hydrogens (tertiary/aromatic N) is 2. The molecule has 3 aliphatic heterocycles. The van der Waals surface area contributed by atoms with Gasteiger partial charge >= 0.3 is 5.97 Å². The third kappa shape index (κ3) is 5.94. The van der Waals surface area contributed by atoms with Gasteiger partial charge in [0.1, 0.15) is 41.6 Å². The van der Waals surface area contributed by atoms with Crippen LogP contribution >= 0.6 is 11.6 Å². The van der Waals surface area contributed by atoms with Crippen molar-refractivity contribution in [3.05, 3.63) is 52.5 Å². The van der Waals surface area contributed by atoms with Crippen LogP contribution in [0.15, 0.2) is 36.4 Å². The van der Waals surface area contributed by atoms with Crippen LogP contribution in [0.25, 0.3) is 0 Å². The highest BCUT2D eigenvalue weighted by Gasteiger charge is 2.43. The SMILES string of the molecule is COC(=O)[C@@H]1C[C@@H](O)CN1C(=O)c1ccc(O)cc1OC[C@@H](O)CN1CCC2(CC1)Cc1cc(Cl)ccc1O2. The van der Waals surface area contributed by atoms with Crippen LogP contribution in [0, 0.1) is 0 Å². The third-order valence-corrected chi connectivity index (χ3v) is 7.97. The Morgan fingerprint density at radius 1 is 1.21 bits per heavy atom. The first kappa shape index (κ1) is 27.5. The number of piperidine rings is 1. The van der Waals surface area contributed by atoms with Crippen molar-refractivity contribution in [1.29, 1.82) is 0 Å². The predicted molar refractivity (Wildman–Crippen MR) is 141 cm³/mol. The van der Waals surface area contributed by atoms with Gasteiger partial charge in [-0.05, 0) is 35.9 Å². The van der Waals surface area contributed by atoms with Crippen molar-refractivity contribution in [2.45, 2.75) is 49.5 Å². The number of methoxy groups -OCH3 is 1. The fourth-order valence-electron chi connectivity index (χ4n) is 5.72. The molecule has 3 aliphatic rings. The van der Waals surface area contributed by atoms with E-state index in [4.69, 9.17) is 25.8 Å². The van der Waals surface area contributed by atoms with Crippen LogP contribution in [0.4, 0.5) is 0 Å². The minimum atomic E-state index is -0.916. The monoisotopic (exact) mass is 560 g/mol. The largest absolute Gasteiger partial charge is 0.508 e. The first-order chi connectivity index (χ1) is 18.7. The van der Waals surface area contributed by atoms with Crippen LogP contribution in [0.1, 0.15) is 35.2 Å². The van der Waals surface area contributed by atoms with Gasteiger partial charge in [-0.15, -0.1) is 0 Å². The highest BCUT2D eigenvalue weighted by atomic mass is 35.5. The van der Waals surface area contributed by atoms with Gasteiger partial charge in [0, 0.05) is 63.0 Å². The van der Waals surface area contributed by atoms with Crippen molar-refractivity contribution >= 4 is 23.5 Å². The van der Waals surface area contributed by atoms with Crippen LogP contribution in [0.5, 0.6) is 17.2 Å². The lowest BCUT2D eigenvalue weighted by molar-refractivity contribution is -0.145. The summed E-state index contributed by atoms with van der Waals surface area (Å²) in [6.45, 7) is 1.75. The molecular weight excluding hydrogens is 528 g/mol. The van der Waals surface area contributed by atoms with Gasteiger partial charge in [0.2, 0.25) is 0 Å². The summed E-state index contributed by atoms with van der Waals surface area (Å²) < 4.78 is 16.9. The van der Waals surface area contributed by atoms with E-state index in [9.17, 15) is 24.9 Å². The van der Waals surface area contributed by atoms with Crippen LogP contribution in [-0.4, -0.2) is 101 Å². The molecule has 5 rings (SSSR count). The topological polar surface area (TPSA) is 129 Å². The Hall–Kier alpha value is -3.05. The van der Waals surface area contributed by atoms with Crippen molar-refractivity contribution in [2.24, 2.45) is 0 Å². The van der Waals surface area contributed by atoms with Gasteiger partial charge in [-0.3, -0.25) is 4.79 Å². The summed E-state index contributed by atoms with van der Waals surface area (Å²) in [6.07, 6.45) is 0.838. The zero-order valence-corrected chi connectivity index (χ0v) is 22.5. The molecular formula is C28H33ClN2O8. The number of carbonyl (C=O) groups is 2. The number of aliphatic hydroxyl groups excluding tert-OH is 2. The molecule has 2 aromatic rings. The Kier molecular flexibility index (Phi) is 7.91. The van der Waals surface area contributed by atoms with E-state index in [0.717, 1.165) is 43.7 Å². The summed E-state index contributed by atoms with van der Waals surface area (Å²) in [5.74, 6) is -0.291. The molecule has 2 saturated heterocycles. The summed E-state index contributed by atoms with van der Waals surface area (Å²) in [4.78, 5) is 28.8. The predicted octanol–water partition coefficient (Wildman–Crippen LogP) is 2.00. The lowest BCUT2D eigenvalue weighted by Crippen LogP contribution is -2.49. The number of aliphatic hydroxyl groups is 2. The molecule has 11 heteroatoms. The molecule has 2 aromatic carbocycles. The smallest absolute Gasteiger partial charge is 0.328 e. The number of halogens is 1. The number of hydrogen-bond donors (Lipinski definition) is 3. The van der Waals surface area contributed by atoms with Crippen molar-refractivity contribution < 1.29 is 39.1 Å². The van der Waals surface area contributed by atoms with Gasteiger partial charge in [0.05, 0.1) is 18.8 Å². The van der Waals surface area contributed by atoms with E-state index in [1.54, 1.807) is 0 Å². The fraction of sp³-hybridized carbons (Fsp3) is 0.500. The number of carbonyl (C=O) groups excluding carboxylic acids is 2. The number of hydrogen-bond acceptors (Lipinski definition) is 9. The van der Waals surface area contributed by atoms with Gasteiger partial charge in [-0.1, -0.05) is 11.6 Å². The second kappa shape index (κ2) is 11.2. The first-order valence-electron chi connectivity index (χ1n) is 13.1. The van der Waals surface area contributed by atoms with Crippen molar-refractivity contribution in [3.63, 3.8) is 0 Å². The lowest BCUT2D eigenvalue weighted by atomic mass is 9.87. The van der Waals surface area contributed by atoms with E-state index >= 15 is 0 Å². The lowest BCUT2D eigenvalue weighted by Gasteiger charge is -2.39. The maximum atomic E-state index is 13.3. The van der Waals surface area contributed by atoms with E-state index in [-0.39, 0.29) is 42.2 Å². The quantitative estimate of drug-likeness (QED) is 0.435. The van der Waals surface area contributed by atoms with Crippen molar-refractivity contribution in [1.82, 2.24) is 9.80 Å². The van der Waals surface area contributed by atoms with Crippen molar-refractivity contribution in [2.75, 3.05) is 39.9 Å². The van der Waals surface area contributed by atoms with Gasteiger partial charge < -0.3 is 39.3 Å². The van der Waals surface area contributed by atoms with E-state index < -0.39 is 30.1 Å². The van der Waals surface area contributed by atoms with Gasteiger partial charge in [0.15, 0.2) is 0 Å². The number of aromatic hydroxyl groups is 1. The molecule has 0 saturated carbocycles. The highest BCUT2D eigenvalue weighted by molar-refractivity contribution is 6.30. The molecule has 3 heterocycles. The molecule has 0 unspecified atom stereocenters. The van der Waals surface area contributed by atoms with E-state index in [1.807, 2.05) is 18.2 Å². The van der Waals surface area contributed by atoms with Crippen LogP contribution in [-0.2, 0) is 16.0 Å². The number of phenols is 1. The summed E-state index contributed by atoms with van der Waals surface area (Å²) in [5.41, 5.74) is 0.996. The molecule has 1 amide bonds. The normalized spacial score (nSPS) is 22.8. The second-order valence-corrected chi connectivity index (χ2v) is 11.0.